The third-order valence-corrected chi connectivity index (χ3v) is 9.72. The van der Waals surface area contributed by atoms with Crippen molar-refractivity contribution in [1.82, 2.24) is 34.6 Å². The van der Waals surface area contributed by atoms with Gasteiger partial charge in [-0.3, -0.25) is 14.5 Å². The van der Waals surface area contributed by atoms with Crippen molar-refractivity contribution < 1.29 is 24.2 Å². The van der Waals surface area contributed by atoms with Crippen molar-refractivity contribution in [3.8, 4) is 34.3 Å². The topological polar surface area (TPSA) is 136 Å². The van der Waals surface area contributed by atoms with Crippen LogP contribution in [0.3, 0.4) is 0 Å². The van der Waals surface area contributed by atoms with Gasteiger partial charge < -0.3 is 34.3 Å². The molecule has 0 atom stereocenters. The number of rotatable bonds is 9. The highest BCUT2D eigenvalue weighted by atomic mass is 16.5. The molecular weight excluding hydrogens is 658 g/mol. The number of ether oxygens (including phenoxy) is 2. The maximum atomic E-state index is 12.3. The van der Waals surface area contributed by atoms with Crippen LogP contribution >= 0.6 is 0 Å². The van der Waals surface area contributed by atoms with E-state index in [0.29, 0.717) is 43.1 Å². The van der Waals surface area contributed by atoms with E-state index in [2.05, 4.69) is 36.8 Å². The van der Waals surface area contributed by atoms with Crippen LogP contribution in [0.2, 0.25) is 0 Å². The van der Waals surface area contributed by atoms with E-state index < -0.39 is 0 Å². The van der Waals surface area contributed by atoms with E-state index in [1.807, 2.05) is 72.8 Å². The van der Waals surface area contributed by atoms with Gasteiger partial charge in [-0.25, -0.2) is 9.97 Å². The molecular formula is C40H41N7O5. The fourth-order valence-electron chi connectivity index (χ4n) is 7.23. The van der Waals surface area contributed by atoms with Crippen molar-refractivity contribution in [1.29, 1.82) is 0 Å². The summed E-state index contributed by atoms with van der Waals surface area (Å²) in [5.74, 6) is 3.23. The summed E-state index contributed by atoms with van der Waals surface area (Å²) in [5, 5.41) is 14.7. The standard InChI is InChI=1S/C22H24N4O2.C18H17N3O3/c27-22-18-4-3-5-19-20(18)26(13-10-23-22)21(24-19)16-6-8-17(9-7-16)28-15-14-25-11-1-2-12-25;22-10-11-24-13-6-4-12(5-7-13)17-20-15-3-1-2-14-16(15)21(17)9-8-19-18(14)23/h3-9H,1-2,10-15H2,(H,23,27);1-7,22H,8-11H2,(H,19,23). The molecule has 3 N–H and O–H groups in total. The number of hydrogen-bond donors (Lipinski definition) is 3. The Kier molecular flexibility index (Phi) is 9.56. The average molecular weight is 700 g/mol. The fraction of sp³-hybridized carbons (Fsp3) is 0.300. The van der Waals surface area contributed by atoms with Gasteiger partial charge in [0.05, 0.1) is 39.8 Å². The molecule has 0 radical (unpaired) electrons. The number of carbonyl (C=O) groups is 2. The lowest BCUT2D eigenvalue weighted by Gasteiger charge is -2.15. The molecule has 0 spiro atoms. The number of nitrogens with one attached hydrogen (secondary N) is 2. The SMILES string of the molecule is O=C1NCCn2c(-c3ccc(OCCN4CCCC4)cc3)nc3cccc1c32.O=C1NCCn2c(-c3ccc(OCCO)cc3)nc3cccc1c32. The van der Waals surface area contributed by atoms with Gasteiger partial charge in [-0.2, -0.15) is 0 Å². The highest BCUT2D eigenvalue weighted by molar-refractivity contribution is 6.07. The monoisotopic (exact) mass is 699 g/mol. The Morgan fingerprint density at radius 2 is 1.10 bits per heavy atom. The number of hydrogen-bond acceptors (Lipinski definition) is 8. The summed E-state index contributed by atoms with van der Waals surface area (Å²) in [4.78, 5) is 36.5. The second kappa shape index (κ2) is 14.9. The zero-order valence-electron chi connectivity index (χ0n) is 28.9. The molecule has 52 heavy (non-hydrogen) atoms. The number of aliphatic hydroxyl groups is 1. The fourth-order valence-corrected chi connectivity index (χ4v) is 7.23. The Hall–Kier alpha value is -5.72. The van der Waals surface area contributed by atoms with Crippen molar-refractivity contribution in [2.24, 2.45) is 0 Å². The minimum atomic E-state index is -0.0569. The highest BCUT2D eigenvalue weighted by Crippen LogP contribution is 2.31. The molecule has 12 nitrogen and oxygen atoms in total. The second-order valence-electron chi connectivity index (χ2n) is 13.1. The Balaban J connectivity index is 0.000000151. The number of carbonyl (C=O) groups excluding carboxylic acids is 2. The number of amides is 2. The first-order valence-electron chi connectivity index (χ1n) is 17.9. The third-order valence-electron chi connectivity index (χ3n) is 9.72. The molecule has 0 aliphatic carbocycles. The van der Waals surface area contributed by atoms with Crippen molar-refractivity contribution in [3.63, 3.8) is 0 Å². The lowest BCUT2D eigenvalue weighted by molar-refractivity contribution is 0.0948. The molecule has 2 amide bonds. The van der Waals surface area contributed by atoms with Crippen molar-refractivity contribution in [2.75, 3.05) is 52.5 Å². The Morgan fingerprint density at radius 3 is 1.58 bits per heavy atom. The Bertz CT molecular complexity index is 2220. The molecule has 6 aromatic rings. The molecule has 5 heterocycles. The molecule has 9 rings (SSSR count). The minimum absolute atomic E-state index is 0.0125. The number of aliphatic hydroxyl groups excluding tert-OH is 1. The molecule has 1 saturated heterocycles. The summed E-state index contributed by atoms with van der Waals surface area (Å²) in [6.45, 7) is 6.91. The van der Waals surface area contributed by atoms with Crippen LogP contribution in [-0.4, -0.2) is 93.5 Å². The molecule has 0 bridgehead atoms. The van der Waals surface area contributed by atoms with Crippen LogP contribution in [0.15, 0.2) is 84.9 Å². The zero-order chi connectivity index (χ0) is 35.4. The predicted molar refractivity (Wildman–Crippen MR) is 199 cm³/mol. The first-order valence-corrected chi connectivity index (χ1v) is 17.9. The normalized spacial score (nSPS) is 15.4. The van der Waals surface area contributed by atoms with E-state index in [1.165, 1.54) is 25.9 Å². The smallest absolute Gasteiger partial charge is 0.253 e. The van der Waals surface area contributed by atoms with Crippen molar-refractivity contribution in [2.45, 2.75) is 25.9 Å². The number of aromatic nitrogens is 4. The highest BCUT2D eigenvalue weighted by Gasteiger charge is 2.23. The minimum Gasteiger partial charge on any atom is -0.492 e. The summed E-state index contributed by atoms with van der Waals surface area (Å²) in [6.07, 6.45) is 2.61. The van der Waals surface area contributed by atoms with Crippen LogP contribution in [0.5, 0.6) is 11.5 Å². The first kappa shape index (κ1) is 33.4. The maximum Gasteiger partial charge on any atom is 0.253 e. The van der Waals surface area contributed by atoms with Gasteiger partial charge in [0, 0.05) is 43.9 Å². The second-order valence-corrected chi connectivity index (χ2v) is 13.1. The zero-order valence-corrected chi connectivity index (χ0v) is 28.9. The Morgan fingerprint density at radius 1 is 0.615 bits per heavy atom. The molecule has 266 valence electrons. The van der Waals surface area contributed by atoms with Crippen LogP contribution in [0.25, 0.3) is 44.8 Å². The van der Waals surface area contributed by atoms with E-state index in [1.54, 1.807) is 0 Å². The van der Waals surface area contributed by atoms with Crippen LogP contribution in [-0.2, 0) is 13.1 Å². The summed E-state index contributed by atoms with van der Waals surface area (Å²) < 4.78 is 15.5. The number of benzene rings is 4. The number of nitrogens with zero attached hydrogens (tertiary/aromatic N) is 5. The summed E-state index contributed by atoms with van der Waals surface area (Å²) in [7, 11) is 0. The number of likely N-dealkylation sites (tertiary alicyclic amines) is 1. The van der Waals surface area contributed by atoms with Crippen LogP contribution < -0.4 is 20.1 Å². The van der Waals surface area contributed by atoms with Crippen molar-refractivity contribution >= 4 is 33.9 Å². The van der Waals surface area contributed by atoms with Gasteiger partial charge in [-0.15, -0.1) is 0 Å². The van der Waals surface area contributed by atoms with E-state index in [0.717, 1.165) is 63.7 Å². The molecule has 2 aromatic heterocycles. The van der Waals surface area contributed by atoms with Gasteiger partial charge in [0.2, 0.25) is 0 Å². The van der Waals surface area contributed by atoms with Gasteiger partial charge in [-0.1, -0.05) is 12.1 Å². The number of imidazole rings is 2. The summed E-state index contributed by atoms with van der Waals surface area (Å²) in [5.41, 5.74) is 6.81. The molecule has 12 heteroatoms. The molecule has 1 fully saturated rings. The Labute approximate surface area is 301 Å². The quantitative estimate of drug-likeness (QED) is 0.197. The van der Waals surface area contributed by atoms with Crippen LogP contribution in [0.1, 0.15) is 33.6 Å². The third kappa shape index (κ3) is 6.70. The molecule has 0 saturated carbocycles. The average Bonchev–Trinajstić information content (AvgIpc) is 3.87. The summed E-state index contributed by atoms with van der Waals surface area (Å²) in [6, 6.07) is 27.1. The summed E-state index contributed by atoms with van der Waals surface area (Å²) >= 11 is 0. The molecule has 4 aromatic carbocycles. The van der Waals surface area contributed by atoms with E-state index in [9.17, 15) is 9.59 Å². The van der Waals surface area contributed by atoms with Gasteiger partial charge in [0.25, 0.3) is 11.8 Å². The van der Waals surface area contributed by atoms with E-state index in [-0.39, 0.29) is 25.0 Å². The maximum absolute atomic E-state index is 12.3. The molecule has 0 unspecified atom stereocenters. The van der Waals surface area contributed by atoms with Gasteiger partial charge >= 0.3 is 0 Å². The molecule has 3 aliphatic rings. The van der Waals surface area contributed by atoms with Crippen molar-refractivity contribution in [3.05, 3.63) is 96.1 Å². The van der Waals surface area contributed by atoms with Crippen LogP contribution in [0.4, 0.5) is 0 Å². The first-order chi connectivity index (χ1) is 25.6. The lowest BCUT2D eigenvalue weighted by atomic mass is 10.1. The molecule has 3 aliphatic heterocycles. The van der Waals surface area contributed by atoms with Crippen LogP contribution in [0, 0.1) is 0 Å². The predicted octanol–water partition coefficient (Wildman–Crippen LogP) is 4.74. The van der Waals surface area contributed by atoms with Gasteiger partial charge in [-0.05, 0) is 98.7 Å². The number of para-hydroxylation sites is 2. The lowest BCUT2D eigenvalue weighted by Crippen LogP contribution is -2.25. The largest absolute Gasteiger partial charge is 0.492 e. The van der Waals surface area contributed by atoms with E-state index >= 15 is 0 Å². The van der Waals surface area contributed by atoms with Gasteiger partial charge in [0.1, 0.15) is 36.4 Å². The van der Waals surface area contributed by atoms with Gasteiger partial charge in [0.15, 0.2) is 0 Å². The van der Waals surface area contributed by atoms with E-state index in [4.69, 9.17) is 24.5 Å².